The Kier molecular flexibility index (Phi) is 3.97. The highest BCUT2D eigenvalue weighted by molar-refractivity contribution is 7.09. The summed E-state index contributed by atoms with van der Waals surface area (Å²) in [6.45, 7) is 6.57. The van der Waals surface area contributed by atoms with Gasteiger partial charge in [0, 0.05) is 37.1 Å². The fraction of sp³-hybridized carbons (Fsp3) is 0.438. The Balaban J connectivity index is 1.40. The third kappa shape index (κ3) is 3.07. The standard InChI is InChI=1S/C16H20N6S/c1-13-11-20(7-6-14-3-2-10-23-14)8-9-21(13)16-5-4-15-18-17-12-22(15)19-16/h2-5,10,12-13H,6-9,11H2,1H3. The second-order valence-electron chi connectivity index (χ2n) is 6.00. The molecule has 0 aliphatic carbocycles. The van der Waals surface area contributed by atoms with Crippen molar-refractivity contribution < 1.29 is 0 Å². The molecule has 120 valence electrons. The summed E-state index contributed by atoms with van der Waals surface area (Å²) in [6, 6.07) is 8.83. The third-order valence-electron chi connectivity index (χ3n) is 4.41. The van der Waals surface area contributed by atoms with Crippen LogP contribution in [0.2, 0.25) is 0 Å². The van der Waals surface area contributed by atoms with Crippen molar-refractivity contribution in [3.05, 3.63) is 40.8 Å². The fourth-order valence-corrected chi connectivity index (χ4v) is 3.87. The molecule has 0 aromatic carbocycles. The van der Waals surface area contributed by atoms with E-state index in [1.807, 2.05) is 23.5 Å². The molecule has 4 heterocycles. The van der Waals surface area contributed by atoms with Crippen molar-refractivity contribution in [3.8, 4) is 0 Å². The molecule has 4 rings (SSSR count). The SMILES string of the molecule is CC1CN(CCc2cccs2)CCN1c1ccc2nncn2n1. The Hall–Kier alpha value is -1.99. The molecule has 3 aromatic heterocycles. The van der Waals surface area contributed by atoms with Crippen molar-refractivity contribution >= 4 is 22.8 Å². The van der Waals surface area contributed by atoms with Crippen LogP contribution in [0.25, 0.3) is 5.65 Å². The molecule has 1 aliphatic rings. The second kappa shape index (κ2) is 6.25. The van der Waals surface area contributed by atoms with Crippen LogP contribution in [-0.2, 0) is 6.42 Å². The number of rotatable bonds is 4. The van der Waals surface area contributed by atoms with E-state index in [9.17, 15) is 0 Å². The molecule has 7 heteroatoms. The quantitative estimate of drug-likeness (QED) is 0.732. The molecule has 3 aromatic rings. The molecular weight excluding hydrogens is 308 g/mol. The molecule has 1 saturated heterocycles. The Morgan fingerprint density at radius 3 is 3.04 bits per heavy atom. The lowest BCUT2D eigenvalue weighted by molar-refractivity contribution is 0.231. The minimum absolute atomic E-state index is 0.452. The molecule has 0 saturated carbocycles. The first-order valence-electron chi connectivity index (χ1n) is 7.98. The predicted molar refractivity (Wildman–Crippen MR) is 92.1 cm³/mol. The van der Waals surface area contributed by atoms with Gasteiger partial charge in [-0.15, -0.1) is 26.6 Å². The van der Waals surface area contributed by atoms with E-state index in [-0.39, 0.29) is 0 Å². The maximum Gasteiger partial charge on any atom is 0.177 e. The maximum atomic E-state index is 4.62. The van der Waals surface area contributed by atoms with E-state index in [0.29, 0.717) is 6.04 Å². The van der Waals surface area contributed by atoms with Gasteiger partial charge >= 0.3 is 0 Å². The van der Waals surface area contributed by atoms with Gasteiger partial charge in [0.1, 0.15) is 12.1 Å². The average Bonchev–Trinajstić information content (AvgIpc) is 3.23. The molecule has 1 fully saturated rings. The summed E-state index contributed by atoms with van der Waals surface area (Å²) in [5.41, 5.74) is 0.788. The number of hydrogen-bond acceptors (Lipinski definition) is 6. The summed E-state index contributed by atoms with van der Waals surface area (Å²) in [4.78, 5) is 6.40. The van der Waals surface area contributed by atoms with Gasteiger partial charge in [-0.1, -0.05) is 6.07 Å². The van der Waals surface area contributed by atoms with Crippen LogP contribution >= 0.6 is 11.3 Å². The highest BCUT2D eigenvalue weighted by atomic mass is 32.1. The molecule has 1 unspecified atom stereocenters. The predicted octanol–water partition coefficient (Wildman–Crippen LogP) is 1.94. The van der Waals surface area contributed by atoms with Crippen LogP contribution in [0.4, 0.5) is 5.82 Å². The number of nitrogens with zero attached hydrogens (tertiary/aromatic N) is 6. The molecule has 0 spiro atoms. The van der Waals surface area contributed by atoms with E-state index in [4.69, 9.17) is 0 Å². The zero-order valence-corrected chi connectivity index (χ0v) is 14.0. The van der Waals surface area contributed by atoms with Crippen LogP contribution in [-0.4, -0.2) is 56.9 Å². The molecule has 0 N–H and O–H groups in total. The normalized spacial score (nSPS) is 19.5. The summed E-state index contributed by atoms with van der Waals surface area (Å²) < 4.78 is 1.74. The zero-order chi connectivity index (χ0) is 15.6. The lowest BCUT2D eigenvalue weighted by Crippen LogP contribution is -2.52. The largest absolute Gasteiger partial charge is 0.350 e. The van der Waals surface area contributed by atoms with Crippen molar-refractivity contribution in [3.63, 3.8) is 0 Å². The van der Waals surface area contributed by atoms with Gasteiger partial charge in [-0.05, 0) is 36.9 Å². The highest BCUT2D eigenvalue weighted by Crippen LogP contribution is 2.19. The first-order valence-corrected chi connectivity index (χ1v) is 8.86. The van der Waals surface area contributed by atoms with Gasteiger partial charge in [0.05, 0.1) is 0 Å². The number of fused-ring (bicyclic) bond motifs is 1. The van der Waals surface area contributed by atoms with Crippen LogP contribution in [0.1, 0.15) is 11.8 Å². The summed E-state index contributed by atoms with van der Waals surface area (Å²) in [5.74, 6) is 1.00. The van der Waals surface area contributed by atoms with Crippen molar-refractivity contribution in [1.29, 1.82) is 0 Å². The van der Waals surface area contributed by atoms with Gasteiger partial charge in [-0.25, -0.2) is 0 Å². The van der Waals surface area contributed by atoms with E-state index in [1.165, 1.54) is 4.88 Å². The first kappa shape index (κ1) is 14.6. The number of aromatic nitrogens is 4. The van der Waals surface area contributed by atoms with Crippen LogP contribution in [0.3, 0.4) is 0 Å². The van der Waals surface area contributed by atoms with Crippen molar-refractivity contribution in [2.75, 3.05) is 31.1 Å². The van der Waals surface area contributed by atoms with Crippen molar-refractivity contribution in [2.45, 2.75) is 19.4 Å². The van der Waals surface area contributed by atoms with Gasteiger partial charge in [-0.3, -0.25) is 4.90 Å². The van der Waals surface area contributed by atoms with Crippen LogP contribution in [0.15, 0.2) is 36.0 Å². The van der Waals surface area contributed by atoms with Gasteiger partial charge in [0.2, 0.25) is 0 Å². The topological polar surface area (TPSA) is 49.6 Å². The minimum Gasteiger partial charge on any atom is -0.350 e. The average molecular weight is 328 g/mol. The lowest BCUT2D eigenvalue weighted by Gasteiger charge is -2.40. The fourth-order valence-electron chi connectivity index (χ4n) is 3.17. The van der Waals surface area contributed by atoms with E-state index < -0.39 is 0 Å². The second-order valence-corrected chi connectivity index (χ2v) is 7.03. The van der Waals surface area contributed by atoms with Crippen molar-refractivity contribution in [1.82, 2.24) is 24.7 Å². The molecule has 6 nitrogen and oxygen atoms in total. The molecular formula is C16H20N6S. The summed E-state index contributed by atoms with van der Waals surface area (Å²) in [6.07, 6.45) is 2.80. The summed E-state index contributed by atoms with van der Waals surface area (Å²) in [5, 5.41) is 14.7. The van der Waals surface area contributed by atoms with Gasteiger partial charge in [-0.2, -0.15) is 4.52 Å². The molecule has 0 bridgehead atoms. The maximum absolute atomic E-state index is 4.62. The molecule has 23 heavy (non-hydrogen) atoms. The number of piperazine rings is 1. The van der Waals surface area contributed by atoms with Crippen LogP contribution < -0.4 is 4.90 Å². The number of thiophene rings is 1. The van der Waals surface area contributed by atoms with E-state index >= 15 is 0 Å². The Morgan fingerprint density at radius 1 is 1.26 bits per heavy atom. The molecule has 0 radical (unpaired) electrons. The van der Waals surface area contributed by atoms with E-state index in [2.05, 4.69) is 49.5 Å². The van der Waals surface area contributed by atoms with Gasteiger partial charge in [0.25, 0.3) is 0 Å². The Bertz CT molecular complexity index is 768. The summed E-state index contributed by atoms with van der Waals surface area (Å²) in [7, 11) is 0. The lowest BCUT2D eigenvalue weighted by atomic mass is 10.1. The van der Waals surface area contributed by atoms with Crippen LogP contribution in [0, 0.1) is 0 Å². The van der Waals surface area contributed by atoms with Crippen molar-refractivity contribution in [2.24, 2.45) is 0 Å². The number of hydrogen-bond donors (Lipinski definition) is 0. The molecule has 1 aliphatic heterocycles. The van der Waals surface area contributed by atoms with Gasteiger partial charge in [0.15, 0.2) is 5.65 Å². The third-order valence-corrected chi connectivity index (χ3v) is 5.34. The van der Waals surface area contributed by atoms with E-state index in [0.717, 1.165) is 44.1 Å². The Labute approximate surface area is 139 Å². The smallest absolute Gasteiger partial charge is 0.177 e. The highest BCUT2D eigenvalue weighted by Gasteiger charge is 2.24. The first-order chi connectivity index (χ1) is 11.3. The van der Waals surface area contributed by atoms with E-state index in [1.54, 1.807) is 10.8 Å². The minimum atomic E-state index is 0.452. The Morgan fingerprint density at radius 2 is 2.22 bits per heavy atom. The molecule has 1 atom stereocenters. The van der Waals surface area contributed by atoms with Gasteiger partial charge < -0.3 is 4.90 Å². The number of anilines is 1. The summed E-state index contributed by atoms with van der Waals surface area (Å²) >= 11 is 1.85. The molecule has 0 amide bonds. The zero-order valence-electron chi connectivity index (χ0n) is 13.2. The van der Waals surface area contributed by atoms with Crippen LogP contribution in [0.5, 0.6) is 0 Å². The monoisotopic (exact) mass is 328 g/mol.